The lowest BCUT2D eigenvalue weighted by atomic mass is 10.1. The Labute approximate surface area is 194 Å². The number of thioether (sulfide) groups is 1. The Hall–Kier alpha value is -2.32. The second kappa shape index (κ2) is 10.1. The molecule has 0 saturated carbocycles. The second-order valence-corrected chi connectivity index (χ2v) is 8.23. The summed E-state index contributed by atoms with van der Waals surface area (Å²) in [6.07, 6.45) is 1.87. The van der Waals surface area contributed by atoms with Crippen LogP contribution in [0.4, 0.5) is 21.9 Å². The van der Waals surface area contributed by atoms with Crippen LogP contribution in [0.5, 0.6) is 0 Å². The minimum atomic E-state index is -0.521. The number of benzene rings is 3. The fourth-order valence-corrected chi connectivity index (χ4v) is 4.01. The first-order chi connectivity index (χ1) is 14.4. The lowest BCUT2D eigenvalue weighted by Gasteiger charge is -2.20. The second-order valence-electron chi connectivity index (χ2n) is 6.11. The summed E-state index contributed by atoms with van der Waals surface area (Å²) in [5, 5.41) is 6.31. The molecule has 0 aliphatic carbocycles. The van der Waals surface area contributed by atoms with Crippen molar-refractivity contribution < 1.29 is 9.59 Å². The number of para-hydroxylation sites is 1. The number of amides is 3. The topological polar surface area (TPSA) is 61.4 Å². The van der Waals surface area contributed by atoms with Crippen molar-refractivity contribution in [1.82, 2.24) is 0 Å². The number of carbonyl (C=O) groups is 2. The monoisotopic (exact) mass is 477 g/mol. The van der Waals surface area contributed by atoms with E-state index in [1.807, 2.05) is 24.5 Å². The quantitative estimate of drug-likeness (QED) is 0.278. The smallest absolute Gasteiger partial charge is 0.322 e. The van der Waals surface area contributed by atoms with E-state index in [2.05, 4.69) is 23.4 Å². The highest BCUT2D eigenvalue weighted by atomic mass is 35.5. The average molecular weight is 478 g/mol. The van der Waals surface area contributed by atoms with Crippen molar-refractivity contribution in [2.24, 2.45) is 0 Å². The van der Waals surface area contributed by atoms with Crippen molar-refractivity contribution in [2.75, 3.05) is 21.2 Å². The van der Waals surface area contributed by atoms with E-state index < -0.39 is 6.03 Å². The Bertz CT molecular complexity index is 1060. The molecule has 5 nitrogen and oxygen atoms in total. The van der Waals surface area contributed by atoms with E-state index in [4.69, 9.17) is 23.2 Å². The standard InChI is InChI=1S/C21H17Cl2N3O2S2/c1-30-19-8-7-13(20(27)24-16-5-3-2-4-6-16)9-18(19)26(29)21(28)25-17-11-14(22)10-15(23)12-17/h2-12,29H,1H3,(H,24,27)(H,25,28). The average Bonchev–Trinajstić information content (AvgIpc) is 2.72. The zero-order valence-corrected chi connectivity index (χ0v) is 18.9. The van der Waals surface area contributed by atoms with Crippen LogP contribution in [0.25, 0.3) is 0 Å². The SMILES string of the molecule is CSc1ccc(C(=O)Nc2ccccc2)cc1N(S)C(=O)Nc1cc(Cl)cc(Cl)c1. The minimum absolute atomic E-state index is 0.293. The number of rotatable bonds is 5. The maximum Gasteiger partial charge on any atom is 0.336 e. The summed E-state index contributed by atoms with van der Waals surface area (Å²) < 4.78 is 1.14. The van der Waals surface area contributed by atoms with Crippen LogP contribution in [0.15, 0.2) is 71.6 Å². The molecule has 0 bridgehead atoms. The van der Waals surface area contributed by atoms with Crippen LogP contribution < -0.4 is 14.9 Å². The lowest BCUT2D eigenvalue weighted by Crippen LogP contribution is -2.27. The predicted molar refractivity (Wildman–Crippen MR) is 130 cm³/mol. The van der Waals surface area contributed by atoms with Gasteiger partial charge in [-0.25, -0.2) is 9.10 Å². The van der Waals surface area contributed by atoms with E-state index in [-0.39, 0.29) is 5.91 Å². The van der Waals surface area contributed by atoms with Crippen molar-refractivity contribution in [1.29, 1.82) is 0 Å². The Balaban J connectivity index is 1.83. The number of hydrogen-bond acceptors (Lipinski definition) is 4. The van der Waals surface area contributed by atoms with E-state index >= 15 is 0 Å². The van der Waals surface area contributed by atoms with Gasteiger partial charge in [-0.1, -0.05) is 54.2 Å². The third-order valence-electron chi connectivity index (χ3n) is 4.01. The molecule has 154 valence electrons. The van der Waals surface area contributed by atoms with Gasteiger partial charge in [0.15, 0.2) is 0 Å². The third-order valence-corrected chi connectivity index (χ3v) is 5.63. The van der Waals surface area contributed by atoms with Crippen LogP contribution in [0.3, 0.4) is 0 Å². The largest absolute Gasteiger partial charge is 0.336 e. The molecule has 0 heterocycles. The summed E-state index contributed by atoms with van der Waals surface area (Å²) in [4.78, 5) is 26.1. The van der Waals surface area contributed by atoms with Gasteiger partial charge in [0.05, 0.1) is 5.69 Å². The molecule has 0 fully saturated rings. The molecule has 0 radical (unpaired) electrons. The van der Waals surface area contributed by atoms with Gasteiger partial charge >= 0.3 is 6.03 Å². The van der Waals surface area contributed by atoms with E-state index in [0.717, 1.165) is 9.20 Å². The summed E-state index contributed by atoms with van der Waals surface area (Å²) in [5.41, 5.74) is 1.97. The van der Waals surface area contributed by atoms with Gasteiger partial charge in [0, 0.05) is 31.9 Å². The Morgan fingerprint density at radius 1 is 0.900 bits per heavy atom. The molecule has 0 aromatic heterocycles. The molecular weight excluding hydrogens is 461 g/mol. The maximum atomic E-state index is 12.7. The van der Waals surface area contributed by atoms with Crippen molar-refractivity contribution in [3.63, 3.8) is 0 Å². The minimum Gasteiger partial charge on any atom is -0.322 e. The van der Waals surface area contributed by atoms with Crippen LogP contribution in [0, 0.1) is 0 Å². The molecule has 3 amide bonds. The Morgan fingerprint density at radius 3 is 2.20 bits per heavy atom. The number of nitrogens with zero attached hydrogens (tertiary/aromatic N) is 1. The number of halogens is 2. The van der Waals surface area contributed by atoms with E-state index in [1.165, 1.54) is 11.8 Å². The Morgan fingerprint density at radius 2 is 1.57 bits per heavy atom. The molecule has 0 aliphatic heterocycles. The number of anilines is 3. The first-order valence-electron chi connectivity index (χ1n) is 8.68. The number of hydrogen-bond donors (Lipinski definition) is 3. The highest BCUT2D eigenvalue weighted by Crippen LogP contribution is 2.32. The predicted octanol–water partition coefficient (Wildman–Crippen LogP) is 6.85. The summed E-state index contributed by atoms with van der Waals surface area (Å²) in [6.45, 7) is 0. The molecule has 0 atom stereocenters. The molecule has 30 heavy (non-hydrogen) atoms. The highest BCUT2D eigenvalue weighted by Gasteiger charge is 2.19. The fraction of sp³-hybridized carbons (Fsp3) is 0.0476. The zero-order valence-electron chi connectivity index (χ0n) is 15.7. The van der Waals surface area contributed by atoms with Gasteiger partial charge < -0.3 is 10.6 Å². The maximum absolute atomic E-state index is 12.7. The fourth-order valence-electron chi connectivity index (χ4n) is 2.63. The van der Waals surface area contributed by atoms with Crippen molar-refractivity contribution >= 4 is 76.8 Å². The van der Waals surface area contributed by atoms with Gasteiger partial charge in [0.25, 0.3) is 5.91 Å². The summed E-state index contributed by atoms with van der Waals surface area (Å²) in [6, 6.07) is 18.4. The molecule has 3 aromatic rings. The van der Waals surface area contributed by atoms with Crippen molar-refractivity contribution in [3.05, 3.63) is 82.3 Å². The molecule has 0 spiro atoms. The first kappa shape index (κ1) is 22.4. The zero-order chi connectivity index (χ0) is 21.7. The molecule has 3 rings (SSSR count). The number of carbonyl (C=O) groups excluding carboxylic acids is 2. The van der Waals surface area contributed by atoms with Gasteiger partial charge in [-0.2, -0.15) is 0 Å². The Kier molecular flexibility index (Phi) is 7.55. The molecule has 3 aromatic carbocycles. The lowest BCUT2D eigenvalue weighted by molar-refractivity contribution is 0.102. The van der Waals surface area contributed by atoms with Crippen LogP contribution in [0.1, 0.15) is 10.4 Å². The van der Waals surface area contributed by atoms with Crippen LogP contribution in [0.2, 0.25) is 10.0 Å². The molecule has 0 saturated heterocycles. The normalized spacial score (nSPS) is 10.4. The van der Waals surface area contributed by atoms with Crippen LogP contribution in [-0.2, 0) is 0 Å². The van der Waals surface area contributed by atoms with Crippen LogP contribution in [-0.4, -0.2) is 18.2 Å². The van der Waals surface area contributed by atoms with Crippen LogP contribution >= 0.6 is 47.8 Å². The van der Waals surface area contributed by atoms with Gasteiger partial charge in [0.2, 0.25) is 0 Å². The third kappa shape index (κ3) is 5.64. The van der Waals surface area contributed by atoms with Crippen molar-refractivity contribution in [2.45, 2.75) is 4.90 Å². The van der Waals surface area contributed by atoms with Gasteiger partial charge in [0.1, 0.15) is 0 Å². The van der Waals surface area contributed by atoms with E-state index in [0.29, 0.717) is 32.7 Å². The number of urea groups is 1. The molecule has 9 heteroatoms. The first-order valence-corrected chi connectivity index (χ1v) is 11.1. The van der Waals surface area contributed by atoms with E-state index in [1.54, 1.807) is 48.5 Å². The summed E-state index contributed by atoms with van der Waals surface area (Å²) in [7, 11) is 0. The number of nitrogens with one attached hydrogen (secondary N) is 2. The summed E-state index contributed by atoms with van der Waals surface area (Å²) in [5.74, 6) is -0.293. The molecular formula is C21H17Cl2N3O2S2. The number of thiol groups is 1. The van der Waals surface area contributed by atoms with Gasteiger partial charge in [-0.05, 0) is 54.8 Å². The highest BCUT2D eigenvalue weighted by molar-refractivity contribution is 7.98. The summed E-state index contributed by atoms with van der Waals surface area (Å²) >= 11 is 17.7. The molecule has 2 N–H and O–H groups in total. The van der Waals surface area contributed by atoms with Gasteiger partial charge in [-0.15, -0.1) is 11.8 Å². The molecule has 0 unspecified atom stereocenters. The van der Waals surface area contributed by atoms with Gasteiger partial charge in [-0.3, -0.25) is 4.79 Å². The van der Waals surface area contributed by atoms with E-state index in [9.17, 15) is 9.59 Å². The molecule has 0 aliphatic rings. The van der Waals surface area contributed by atoms with Crippen molar-refractivity contribution in [3.8, 4) is 0 Å².